The van der Waals surface area contributed by atoms with Gasteiger partial charge in [-0.15, -0.1) is 0 Å². The van der Waals surface area contributed by atoms with Crippen molar-refractivity contribution >= 4 is 26.8 Å². The zero-order valence-electron chi connectivity index (χ0n) is 8.67. The van der Waals surface area contributed by atoms with Crippen molar-refractivity contribution in [2.45, 2.75) is 13.3 Å². The molecule has 1 heterocycles. The minimum absolute atomic E-state index is 0.0610. The largest absolute Gasteiger partial charge is 0.357 e. The number of hydrogen-bond donors (Lipinski definition) is 1. The lowest BCUT2D eigenvalue weighted by Crippen LogP contribution is -2.12. The number of pyridine rings is 1. The van der Waals surface area contributed by atoms with Crippen LogP contribution in [-0.2, 0) is 6.42 Å². The molecule has 16 heavy (non-hydrogen) atoms. The molecule has 1 aromatic heterocycles. The number of nitrogens with zero attached hydrogens (tertiary/aromatic N) is 1. The van der Waals surface area contributed by atoms with Gasteiger partial charge in [0.1, 0.15) is 0 Å². The first-order valence-corrected chi connectivity index (χ1v) is 5.61. The highest BCUT2D eigenvalue weighted by Gasteiger charge is 2.09. The minimum Gasteiger partial charge on any atom is -0.357 e. The summed E-state index contributed by atoms with van der Waals surface area (Å²) in [6, 6.07) is 7.47. The van der Waals surface area contributed by atoms with Gasteiger partial charge < -0.3 is 4.98 Å². The van der Waals surface area contributed by atoms with E-state index in [1.54, 1.807) is 6.07 Å². The lowest BCUT2D eigenvalue weighted by Gasteiger charge is -2.06. The second-order valence-corrected chi connectivity index (χ2v) is 4.41. The lowest BCUT2D eigenvalue weighted by molar-refractivity contribution is 1.12. The fourth-order valence-corrected chi connectivity index (χ4v) is 2.19. The summed E-state index contributed by atoms with van der Waals surface area (Å²) in [5.74, 6) is 0. The molecule has 2 rings (SSSR count). The van der Waals surface area contributed by atoms with E-state index in [1.807, 2.05) is 25.1 Å². The Balaban J connectivity index is 2.91. The predicted molar refractivity (Wildman–Crippen MR) is 66.3 cm³/mol. The van der Waals surface area contributed by atoms with Crippen LogP contribution in [0.5, 0.6) is 0 Å². The highest BCUT2D eigenvalue weighted by molar-refractivity contribution is 9.10. The van der Waals surface area contributed by atoms with E-state index >= 15 is 0 Å². The van der Waals surface area contributed by atoms with E-state index in [0.29, 0.717) is 10.9 Å². The van der Waals surface area contributed by atoms with Crippen molar-refractivity contribution in [2.75, 3.05) is 0 Å². The Morgan fingerprint density at radius 1 is 1.50 bits per heavy atom. The van der Waals surface area contributed by atoms with Gasteiger partial charge in [0.2, 0.25) is 0 Å². The summed E-state index contributed by atoms with van der Waals surface area (Å²) in [6.45, 7) is 1.81. The summed E-state index contributed by atoms with van der Waals surface area (Å²) in [6.07, 6.45) is 0.142. The molecule has 0 saturated heterocycles. The number of hydrogen-bond acceptors (Lipinski definition) is 2. The number of nitriles is 1. The summed E-state index contributed by atoms with van der Waals surface area (Å²) < 4.78 is 0.855. The highest BCUT2D eigenvalue weighted by Crippen LogP contribution is 2.20. The van der Waals surface area contributed by atoms with Crippen LogP contribution in [0.1, 0.15) is 11.3 Å². The van der Waals surface area contributed by atoms with Crippen LogP contribution in [-0.4, -0.2) is 4.98 Å². The van der Waals surface area contributed by atoms with E-state index in [2.05, 4.69) is 20.9 Å². The van der Waals surface area contributed by atoms with E-state index in [4.69, 9.17) is 5.26 Å². The number of halogens is 1. The standard InChI is InChI=1S/C12H9BrN2O/c1-7-8(5-6-14)12(16)9-3-2-4-10(13)11(9)15-7/h2-4H,5H2,1H3,(H,15,16). The zero-order chi connectivity index (χ0) is 11.7. The molecule has 0 fully saturated rings. The van der Waals surface area contributed by atoms with Gasteiger partial charge >= 0.3 is 0 Å². The van der Waals surface area contributed by atoms with Crippen LogP contribution in [0.3, 0.4) is 0 Å². The van der Waals surface area contributed by atoms with Crippen molar-refractivity contribution in [3.63, 3.8) is 0 Å². The number of para-hydroxylation sites is 1. The first-order chi connectivity index (χ1) is 7.65. The van der Waals surface area contributed by atoms with Crippen LogP contribution < -0.4 is 5.43 Å². The highest BCUT2D eigenvalue weighted by atomic mass is 79.9. The first-order valence-electron chi connectivity index (χ1n) is 4.82. The Morgan fingerprint density at radius 3 is 2.94 bits per heavy atom. The Morgan fingerprint density at radius 2 is 2.25 bits per heavy atom. The van der Waals surface area contributed by atoms with Crippen LogP contribution in [0, 0.1) is 18.3 Å². The van der Waals surface area contributed by atoms with E-state index in [0.717, 1.165) is 15.7 Å². The normalized spacial score (nSPS) is 10.3. The summed E-state index contributed by atoms with van der Waals surface area (Å²) in [4.78, 5) is 15.3. The average molecular weight is 277 g/mol. The molecule has 4 heteroatoms. The van der Waals surface area contributed by atoms with Crippen molar-refractivity contribution in [1.29, 1.82) is 5.26 Å². The van der Waals surface area contributed by atoms with Crippen molar-refractivity contribution in [1.82, 2.24) is 4.98 Å². The second-order valence-electron chi connectivity index (χ2n) is 3.55. The predicted octanol–water partition coefficient (Wildman–Crippen LogP) is 2.67. The molecule has 0 atom stereocenters. The van der Waals surface area contributed by atoms with Crippen LogP contribution in [0.15, 0.2) is 27.5 Å². The molecule has 0 saturated carbocycles. The maximum Gasteiger partial charge on any atom is 0.193 e. The Hall–Kier alpha value is -1.60. The minimum atomic E-state index is -0.0610. The number of H-pyrrole nitrogens is 1. The molecule has 0 aliphatic heterocycles. The molecule has 0 radical (unpaired) electrons. The van der Waals surface area contributed by atoms with Gasteiger partial charge in [0.25, 0.3) is 0 Å². The first kappa shape index (κ1) is 10.9. The van der Waals surface area contributed by atoms with Crippen LogP contribution in [0.25, 0.3) is 10.9 Å². The Kier molecular flexibility index (Phi) is 2.80. The van der Waals surface area contributed by atoms with Gasteiger partial charge in [-0.05, 0) is 35.0 Å². The lowest BCUT2D eigenvalue weighted by atomic mass is 10.1. The number of aromatic amines is 1. The van der Waals surface area contributed by atoms with Gasteiger partial charge in [-0.1, -0.05) is 6.07 Å². The molecule has 2 aromatic rings. The molecule has 0 amide bonds. The van der Waals surface area contributed by atoms with Gasteiger partial charge in [-0.25, -0.2) is 0 Å². The third kappa shape index (κ3) is 1.63. The molecular formula is C12H9BrN2O. The van der Waals surface area contributed by atoms with Gasteiger partial charge in [0.15, 0.2) is 5.43 Å². The topological polar surface area (TPSA) is 56.6 Å². The smallest absolute Gasteiger partial charge is 0.193 e. The molecule has 1 N–H and O–H groups in total. The van der Waals surface area contributed by atoms with Crippen molar-refractivity contribution in [3.8, 4) is 6.07 Å². The summed E-state index contributed by atoms with van der Waals surface area (Å²) in [7, 11) is 0. The fraction of sp³-hybridized carbons (Fsp3) is 0.167. The maximum absolute atomic E-state index is 12.1. The van der Waals surface area contributed by atoms with E-state index in [9.17, 15) is 4.79 Å². The maximum atomic E-state index is 12.1. The molecule has 1 aromatic carbocycles. The van der Waals surface area contributed by atoms with Crippen LogP contribution in [0.2, 0.25) is 0 Å². The molecule has 0 unspecified atom stereocenters. The molecular weight excluding hydrogens is 268 g/mol. The van der Waals surface area contributed by atoms with E-state index in [1.165, 1.54) is 0 Å². The zero-order valence-corrected chi connectivity index (χ0v) is 10.3. The van der Waals surface area contributed by atoms with Crippen molar-refractivity contribution in [3.05, 3.63) is 44.2 Å². The van der Waals surface area contributed by atoms with E-state index < -0.39 is 0 Å². The van der Waals surface area contributed by atoms with Gasteiger partial charge in [-0.2, -0.15) is 5.26 Å². The number of aromatic nitrogens is 1. The number of rotatable bonds is 1. The summed E-state index contributed by atoms with van der Waals surface area (Å²) >= 11 is 3.39. The molecule has 0 bridgehead atoms. The fourth-order valence-electron chi connectivity index (χ4n) is 1.73. The number of fused-ring (bicyclic) bond motifs is 1. The summed E-state index contributed by atoms with van der Waals surface area (Å²) in [5.41, 5.74) is 2.03. The molecule has 80 valence electrons. The third-order valence-corrected chi connectivity index (χ3v) is 3.21. The van der Waals surface area contributed by atoms with Crippen molar-refractivity contribution < 1.29 is 0 Å². The third-order valence-electron chi connectivity index (χ3n) is 2.55. The number of aryl methyl sites for hydroxylation is 1. The quantitative estimate of drug-likeness (QED) is 0.871. The SMILES string of the molecule is Cc1[nH]c2c(Br)cccc2c(=O)c1CC#N. The Labute approximate surface area is 101 Å². The van der Waals surface area contributed by atoms with Gasteiger partial charge in [0, 0.05) is 21.1 Å². The Bertz CT molecular complexity index is 652. The molecule has 3 nitrogen and oxygen atoms in total. The van der Waals surface area contributed by atoms with Crippen LogP contribution >= 0.6 is 15.9 Å². The average Bonchev–Trinajstić information content (AvgIpc) is 2.26. The van der Waals surface area contributed by atoms with Gasteiger partial charge in [0.05, 0.1) is 18.0 Å². The second kappa shape index (κ2) is 4.11. The van der Waals surface area contributed by atoms with Crippen molar-refractivity contribution in [2.24, 2.45) is 0 Å². The molecule has 0 spiro atoms. The van der Waals surface area contributed by atoms with Gasteiger partial charge in [-0.3, -0.25) is 4.79 Å². The van der Waals surface area contributed by atoms with E-state index in [-0.39, 0.29) is 11.8 Å². The molecule has 0 aliphatic carbocycles. The van der Waals surface area contributed by atoms with Crippen LogP contribution in [0.4, 0.5) is 0 Å². The molecule has 0 aliphatic rings. The summed E-state index contributed by atoms with van der Waals surface area (Å²) in [5, 5.41) is 9.30. The number of benzene rings is 1. The monoisotopic (exact) mass is 276 g/mol. The number of nitrogens with one attached hydrogen (secondary N) is 1.